The molecule has 7 nitrogen and oxygen atoms in total. The number of amides is 1. The lowest BCUT2D eigenvalue weighted by Gasteiger charge is -2.25. The van der Waals surface area contributed by atoms with E-state index in [4.69, 9.17) is 0 Å². The van der Waals surface area contributed by atoms with Crippen LogP contribution < -0.4 is 5.32 Å². The van der Waals surface area contributed by atoms with Gasteiger partial charge < -0.3 is 10.2 Å². The predicted octanol–water partition coefficient (Wildman–Crippen LogP) is 4.25. The van der Waals surface area contributed by atoms with E-state index in [1.807, 2.05) is 43.3 Å². The standard InChI is InChI=1S/C24H27F3N6OS/c1-15-12-29-22(35-15)19(23(8-9-23)24(25,26)27)11-20(34)28-13-18(33(2)3)10-16-4-6-17(7-5-16)21-30-14-31-32-21/h4-7,11-12,14,18H,8-10,13H2,1-3H3,(H,28,34)(H,30,31,32). The summed E-state index contributed by atoms with van der Waals surface area (Å²) in [6.07, 6.45) is 0.244. The fourth-order valence-electron chi connectivity index (χ4n) is 3.97. The molecule has 2 aromatic heterocycles. The van der Waals surface area contributed by atoms with Gasteiger partial charge in [-0.15, -0.1) is 11.3 Å². The first-order valence-corrected chi connectivity index (χ1v) is 12.0. The first-order chi connectivity index (χ1) is 16.6. The van der Waals surface area contributed by atoms with Crippen molar-refractivity contribution in [3.63, 3.8) is 0 Å². The maximum absolute atomic E-state index is 13.9. The zero-order chi connectivity index (χ0) is 25.2. The molecule has 1 aliphatic carbocycles. The van der Waals surface area contributed by atoms with Crippen LogP contribution in [0, 0.1) is 12.3 Å². The zero-order valence-corrected chi connectivity index (χ0v) is 20.5. The molecule has 2 N–H and O–H groups in total. The Kier molecular flexibility index (Phi) is 7.09. The number of benzene rings is 1. The molecule has 1 aliphatic rings. The van der Waals surface area contributed by atoms with Crippen molar-refractivity contribution in [2.75, 3.05) is 20.6 Å². The number of carbonyl (C=O) groups excluding carboxylic acids is 1. The highest BCUT2D eigenvalue weighted by atomic mass is 32.1. The molecule has 1 atom stereocenters. The molecular formula is C24H27F3N6OS. The number of hydrogen-bond donors (Lipinski definition) is 2. The van der Waals surface area contributed by atoms with Crippen LogP contribution in [0.4, 0.5) is 13.2 Å². The van der Waals surface area contributed by atoms with E-state index in [9.17, 15) is 18.0 Å². The van der Waals surface area contributed by atoms with Gasteiger partial charge in [0.25, 0.3) is 0 Å². The number of likely N-dealkylation sites (N-methyl/N-ethyl adjacent to an activating group) is 1. The summed E-state index contributed by atoms with van der Waals surface area (Å²) in [5, 5.41) is 9.73. The van der Waals surface area contributed by atoms with Crippen molar-refractivity contribution >= 4 is 22.8 Å². The Hall–Kier alpha value is -3.05. The van der Waals surface area contributed by atoms with E-state index in [0.717, 1.165) is 22.1 Å². The summed E-state index contributed by atoms with van der Waals surface area (Å²) in [7, 11) is 3.81. The Balaban J connectivity index is 1.45. The van der Waals surface area contributed by atoms with Gasteiger partial charge in [-0.3, -0.25) is 9.89 Å². The maximum Gasteiger partial charge on any atom is 0.398 e. The van der Waals surface area contributed by atoms with E-state index in [0.29, 0.717) is 12.2 Å². The second-order valence-electron chi connectivity index (χ2n) is 9.01. The van der Waals surface area contributed by atoms with E-state index in [2.05, 4.69) is 25.5 Å². The van der Waals surface area contributed by atoms with Crippen LogP contribution >= 0.6 is 11.3 Å². The Bertz CT molecular complexity index is 1180. The number of aromatic amines is 1. The fourth-order valence-corrected chi connectivity index (χ4v) is 4.85. The number of nitrogens with zero attached hydrogens (tertiary/aromatic N) is 4. The largest absolute Gasteiger partial charge is 0.398 e. The molecule has 1 unspecified atom stereocenters. The molecule has 0 spiro atoms. The van der Waals surface area contributed by atoms with Crippen molar-refractivity contribution in [3.8, 4) is 11.4 Å². The molecule has 0 bridgehead atoms. The average molecular weight is 505 g/mol. The summed E-state index contributed by atoms with van der Waals surface area (Å²) in [5.41, 5.74) is -0.0506. The topological polar surface area (TPSA) is 86.8 Å². The summed E-state index contributed by atoms with van der Waals surface area (Å²) in [6.45, 7) is 2.07. The minimum Gasteiger partial charge on any atom is -0.351 e. The van der Waals surface area contributed by atoms with Gasteiger partial charge >= 0.3 is 6.18 Å². The van der Waals surface area contributed by atoms with Gasteiger partial charge in [0, 0.05) is 40.9 Å². The summed E-state index contributed by atoms with van der Waals surface area (Å²) >= 11 is 1.17. The third-order valence-corrected chi connectivity index (χ3v) is 7.24. The summed E-state index contributed by atoms with van der Waals surface area (Å²) in [4.78, 5) is 23.8. The average Bonchev–Trinajstić information content (AvgIpc) is 3.23. The van der Waals surface area contributed by atoms with Crippen LogP contribution in [-0.4, -0.2) is 63.8 Å². The monoisotopic (exact) mass is 504 g/mol. The Morgan fingerprint density at radius 1 is 1.26 bits per heavy atom. The van der Waals surface area contributed by atoms with E-state index in [1.54, 1.807) is 6.92 Å². The Labute approximate surface area is 205 Å². The summed E-state index contributed by atoms with van der Waals surface area (Å²) in [6, 6.07) is 7.81. The van der Waals surface area contributed by atoms with Gasteiger partial charge in [0.15, 0.2) is 5.82 Å². The normalized spacial score (nSPS) is 16.4. The SMILES string of the molecule is Cc1cnc(C(=CC(=O)NCC(Cc2ccc(-c3ncn[nH]3)cc2)N(C)C)C2(C(F)(F)F)CC2)s1. The number of aromatic nitrogens is 4. The van der Waals surface area contributed by atoms with Crippen molar-refractivity contribution in [2.45, 2.75) is 38.4 Å². The predicted molar refractivity (Wildman–Crippen MR) is 129 cm³/mol. The minimum atomic E-state index is -4.43. The number of nitrogens with one attached hydrogen (secondary N) is 2. The first kappa shape index (κ1) is 25.1. The van der Waals surface area contributed by atoms with Crippen molar-refractivity contribution in [1.29, 1.82) is 0 Å². The van der Waals surface area contributed by atoms with Crippen LogP contribution in [-0.2, 0) is 11.2 Å². The van der Waals surface area contributed by atoms with E-state index in [-0.39, 0.29) is 36.0 Å². The number of H-pyrrole nitrogens is 1. The van der Waals surface area contributed by atoms with Crippen LogP contribution in [0.5, 0.6) is 0 Å². The lowest BCUT2D eigenvalue weighted by Crippen LogP contribution is -2.41. The van der Waals surface area contributed by atoms with Crippen molar-refractivity contribution in [2.24, 2.45) is 5.41 Å². The maximum atomic E-state index is 13.9. The zero-order valence-electron chi connectivity index (χ0n) is 19.7. The number of aryl methyl sites for hydroxylation is 1. The van der Waals surface area contributed by atoms with Crippen molar-refractivity contribution in [1.82, 2.24) is 30.4 Å². The second-order valence-corrected chi connectivity index (χ2v) is 10.2. The van der Waals surface area contributed by atoms with Gasteiger partial charge in [0.2, 0.25) is 5.91 Å². The van der Waals surface area contributed by atoms with Crippen LogP contribution in [0.15, 0.2) is 42.9 Å². The number of alkyl halides is 3. The molecule has 1 saturated carbocycles. The van der Waals surface area contributed by atoms with E-state index in [1.165, 1.54) is 23.9 Å². The smallest absolute Gasteiger partial charge is 0.351 e. The van der Waals surface area contributed by atoms with Crippen LogP contribution in [0.2, 0.25) is 0 Å². The molecular weight excluding hydrogens is 477 g/mol. The van der Waals surface area contributed by atoms with Crippen molar-refractivity contribution in [3.05, 3.63) is 58.3 Å². The highest BCUT2D eigenvalue weighted by Gasteiger charge is 2.66. The number of thiazole rings is 1. The Morgan fingerprint density at radius 2 is 1.97 bits per heavy atom. The Morgan fingerprint density at radius 3 is 2.49 bits per heavy atom. The molecule has 0 aliphatic heterocycles. The van der Waals surface area contributed by atoms with Gasteiger partial charge in [-0.25, -0.2) is 9.97 Å². The molecule has 1 aromatic carbocycles. The molecule has 1 fully saturated rings. The van der Waals surface area contributed by atoms with Gasteiger partial charge in [0.05, 0.1) is 5.41 Å². The number of allylic oxidation sites excluding steroid dienone is 1. The van der Waals surface area contributed by atoms with Gasteiger partial charge in [-0.2, -0.15) is 18.3 Å². The molecule has 11 heteroatoms. The number of halogens is 3. The van der Waals surface area contributed by atoms with Crippen LogP contribution in [0.25, 0.3) is 17.0 Å². The van der Waals surface area contributed by atoms with Crippen LogP contribution in [0.3, 0.4) is 0 Å². The first-order valence-electron chi connectivity index (χ1n) is 11.2. The van der Waals surface area contributed by atoms with Gasteiger partial charge in [-0.1, -0.05) is 24.3 Å². The molecule has 2 heterocycles. The number of carbonyl (C=O) groups is 1. The summed E-state index contributed by atoms with van der Waals surface area (Å²) in [5.74, 6) is 0.133. The van der Waals surface area contributed by atoms with Gasteiger partial charge in [-0.05, 0) is 45.8 Å². The molecule has 186 valence electrons. The van der Waals surface area contributed by atoms with E-state index < -0.39 is 17.5 Å². The number of rotatable bonds is 9. The second kappa shape index (κ2) is 9.90. The third kappa shape index (κ3) is 5.62. The molecule has 35 heavy (non-hydrogen) atoms. The highest BCUT2D eigenvalue weighted by Crippen LogP contribution is 2.65. The minimum absolute atomic E-state index is 0.0291. The summed E-state index contributed by atoms with van der Waals surface area (Å²) < 4.78 is 41.6. The van der Waals surface area contributed by atoms with E-state index >= 15 is 0 Å². The molecule has 4 rings (SSSR count). The van der Waals surface area contributed by atoms with Gasteiger partial charge in [0.1, 0.15) is 11.3 Å². The molecule has 0 radical (unpaired) electrons. The van der Waals surface area contributed by atoms with Crippen molar-refractivity contribution < 1.29 is 18.0 Å². The molecule has 1 amide bonds. The lowest BCUT2D eigenvalue weighted by molar-refractivity contribution is -0.168. The molecule has 3 aromatic rings. The third-order valence-electron chi connectivity index (χ3n) is 6.29. The lowest BCUT2D eigenvalue weighted by atomic mass is 9.94. The molecule has 0 saturated heterocycles. The van der Waals surface area contributed by atoms with Crippen LogP contribution in [0.1, 0.15) is 28.3 Å². The highest BCUT2D eigenvalue weighted by molar-refractivity contribution is 7.12. The fraction of sp³-hybridized carbons (Fsp3) is 0.417. The quantitative estimate of drug-likeness (QED) is 0.426. The number of hydrogen-bond acceptors (Lipinski definition) is 6.